The summed E-state index contributed by atoms with van der Waals surface area (Å²) in [6.45, 7) is 0. The van der Waals surface area contributed by atoms with Crippen LogP contribution in [0.2, 0.25) is 0 Å². The van der Waals surface area contributed by atoms with Gasteiger partial charge in [0.2, 0.25) is 0 Å². The van der Waals surface area contributed by atoms with E-state index >= 15 is 0 Å². The Bertz CT molecular complexity index is 188. The van der Waals surface area contributed by atoms with Gasteiger partial charge in [-0.05, 0) is 0 Å². The molecule has 10 heteroatoms. The van der Waals surface area contributed by atoms with Gasteiger partial charge in [0.1, 0.15) is 0 Å². The molecular weight excluding hydrogens is 1480 g/mol. The van der Waals surface area contributed by atoms with Crippen molar-refractivity contribution in [1.82, 2.24) is 0 Å². The van der Waals surface area contributed by atoms with Crippen molar-refractivity contribution in [3.63, 3.8) is 0 Å². The summed E-state index contributed by atoms with van der Waals surface area (Å²) in [5.41, 5.74) is 12.2. The van der Waals surface area contributed by atoms with Gasteiger partial charge in [-0.3, -0.25) is 0 Å². The molecule has 1 saturated heterocycles. The van der Waals surface area contributed by atoms with Crippen LogP contribution in [0.5, 0.6) is 0 Å². The van der Waals surface area contributed by atoms with E-state index in [-0.39, 0.29) is 0 Å². The molecule has 100 valence electrons. The third-order valence-electron chi connectivity index (χ3n) is 0.738. The Morgan fingerprint density at radius 3 is 1.58 bits per heavy atom. The van der Waals surface area contributed by atoms with E-state index in [1.54, 1.807) is 0 Å². The van der Waals surface area contributed by atoms with Crippen LogP contribution in [0.25, 0.3) is 0 Å². The standard InChI is InChI=1S/2CH4N.2HI.6Pt/c2*1-2;;;;;;;;/h2*1-2H2;2*1H;;;;;;/q;;;;;;;;;+2/p-2. The third-order valence-corrected chi connectivity index (χ3v) is 517. The molecule has 0 aromatic heterocycles. The minimum atomic E-state index is -2.47. The van der Waals surface area contributed by atoms with E-state index in [9.17, 15) is 0 Å². The second-order valence-electron chi connectivity index (χ2n) is 1.42. The van der Waals surface area contributed by atoms with Gasteiger partial charge < -0.3 is 0 Å². The Labute approximate surface area is 119 Å². The van der Waals surface area contributed by atoms with Crippen LogP contribution in [0.4, 0.5) is 0 Å². The van der Waals surface area contributed by atoms with E-state index in [1.165, 1.54) is 0 Å². The molecule has 2 nitrogen and oxygen atoms in total. The van der Waals surface area contributed by atoms with Crippen LogP contribution in [-0.2, 0) is 63.1 Å². The van der Waals surface area contributed by atoms with Crippen LogP contribution in [0, 0.1) is 0 Å². The molecule has 0 aromatic carbocycles. The zero-order valence-electron chi connectivity index (χ0n) is 5.22. The van der Waals surface area contributed by atoms with Crippen molar-refractivity contribution in [3.8, 4) is 0 Å². The fraction of sp³-hybridized carbons (Fsp3) is 1.00. The van der Waals surface area contributed by atoms with E-state index in [0.29, 0.717) is 50.3 Å². The molecule has 0 saturated carbocycles. The van der Waals surface area contributed by atoms with Gasteiger partial charge in [0.05, 0.1) is 0 Å². The summed E-state index contributed by atoms with van der Waals surface area (Å²) in [4.78, 5) is 2.08. The quantitative estimate of drug-likeness (QED) is 0.401. The summed E-state index contributed by atoms with van der Waals surface area (Å²) in [6.07, 6.45) is 0. The van der Waals surface area contributed by atoms with Gasteiger partial charge in [-0.15, -0.1) is 0 Å². The first kappa shape index (κ1) is 15.6. The van der Waals surface area contributed by atoms with E-state index in [1.807, 2.05) is 0 Å². The van der Waals surface area contributed by atoms with Gasteiger partial charge in [-0.1, -0.05) is 0 Å². The maximum atomic E-state index is 6.11. The van der Waals surface area contributed by atoms with E-state index < -0.39 is 0.201 Å². The molecule has 0 unspecified atom stereocenters. The van der Waals surface area contributed by atoms with Crippen molar-refractivity contribution in [2.75, 3.05) is 9.87 Å². The Balaban J connectivity index is 3.00. The van der Waals surface area contributed by atoms with Gasteiger partial charge in [0.25, 0.3) is 0 Å². The Morgan fingerprint density at radius 2 is 1.33 bits per heavy atom. The molecule has 0 atom stereocenters. The molecule has 1 aliphatic rings. The number of rotatable bonds is 2. The predicted molar refractivity (Wildman–Crippen MR) is 46.1 cm³/mol. The number of hydrogen-bond donors (Lipinski definition) is 2. The van der Waals surface area contributed by atoms with Gasteiger partial charge in [-0.2, -0.15) is 0 Å². The molecule has 0 aliphatic carbocycles. The first-order valence-corrected chi connectivity index (χ1v) is 57.8. The van der Waals surface area contributed by atoms with Crippen molar-refractivity contribution < 1.29 is 63.1 Å². The fourth-order valence-electron chi connectivity index (χ4n) is 0.167. The second-order valence-corrected chi connectivity index (χ2v) is 230. The minimum absolute atomic E-state index is 0.528. The van der Waals surface area contributed by atoms with E-state index in [0.717, 1.165) is 22.4 Å². The Hall–Kier alpha value is 5.51. The summed E-state index contributed by atoms with van der Waals surface area (Å²) >= 11 is 9.04. The molecule has 1 heterocycles. The topological polar surface area (TPSA) is 52.0 Å². The Morgan fingerprint density at radius 1 is 0.917 bits per heavy atom. The first-order valence-electron chi connectivity index (χ1n) is 2.10. The zero-order chi connectivity index (χ0) is 9.36. The molecule has 1 fully saturated rings. The molecule has 1 aliphatic heterocycles. The molecule has 4 N–H and O–H groups in total. The summed E-state index contributed by atoms with van der Waals surface area (Å²) in [5.74, 6) is 0. The van der Waals surface area contributed by atoms with Crippen molar-refractivity contribution >= 4 is 38.7 Å². The molecule has 0 aromatic rings. The number of nitrogens with two attached hydrogens (primary N) is 2. The summed E-state index contributed by atoms with van der Waals surface area (Å²) < 4.78 is -2.47. The van der Waals surface area contributed by atoms with Gasteiger partial charge >= 0.3 is 123 Å². The molecule has 0 amide bonds. The van der Waals surface area contributed by atoms with Crippen LogP contribution in [0.1, 0.15) is 0 Å². The average molecular weight is 1480 g/mol. The van der Waals surface area contributed by atoms with Crippen LogP contribution < -0.4 is 11.5 Å². The van der Waals surface area contributed by atoms with Gasteiger partial charge in [-0.25, -0.2) is 0 Å². The molecule has 0 spiro atoms. The SMILES string of the molecule is N[CH2][Pt]1([I])([I])([CH2]N)[Pt][Pt][Pt][Pt][Pt]1. The fourth-order valence-corrected chi connectivity index (χ4v) is 1310. The second kappa shape index (κ2) is 5.25. The van der Waals surface area contributed by atoms with E-state index in [2.05, 4.69) is 38.7 Å². The number of hydrogen-bond acceptors (Lipinski definition) is 2. The zero-order valence-corrected chi connectivity index (χ0v) is 23.2. The van der Waals surface area contributed by atoms with Crippen LogP contribution in [-0.4, -0.2) is 9.87 Å². The van der Waals surface area contributed by atoms with Gasteiger partial charge in [0.15, 0.2) is 0 Å². The first-order chi connectivity index (χ1) is 5.39. The summed E-state index contributed by atoms with van der Waals surface area (Å²) in [7, 11) is 0. The third kappa shape index (κ3) is 3.75. The summed E-state index contributed by atoms with van der Waals surface area (Å²) in [6, 6.07) is 0. The van der Waals surface area contributed by atoms with Crippen LogP contribution >= 0.6 is 38.7 Å². The molecule has 1 rings (SSSR count). The van der Waals surface area contributed by atoms with Gasteiger partial charge in [0, 0.05) is 0 Å². The Kier molecular flexibility index (Phi) is 6.81. The van der Waals surface area contributed by atoms with Crippen LogP contribution in [0.15, 0.2) is 0 Å². The van der Waals surface area contributed by atoms with Crippen molar-refractivity contribution in [1.29, 1.82) is 0 Å². The average Bonchev–Trinajstić information content (AvgIpc) is 2.07. The predicted octanol–water partition coefficient (Wildman–Crippen LogP) is 0.660. The molecule has 0 radical (unpaired) electrons. The maximum absolute atomic E-state index is 6.11. The van der Waals surface area contributed by atoms with Crippen molar-refractivity contribution in [3.05, 3.63) is 0 Å². The molecule has 12 heavy (non-hydrogen) atoms. The normalized spacial score (nSPS) is 40.3. The van der Waals surface area contributed by atoms with Crippen molar-refractivity contribution in [2.45, 2.75) is 0 Å². The molecule has 0 bridgehead atoms. The summed E-state index contributed by atoms with van der Waals surface area (Å²) in [5, 5.41) is 0. The van der Waals surface area contributed by atoms with Crippen molar-refractivity contribution in [2.24, 2.45) is 11.5 Å². The number of halogens is 2. The van der Waals surface area contributed by atoms with Crippen LogP contribution in [0.3, 0.4) is 0 Å². The monoisotopic (exact) mass is 1480 g/mol. The van der Waals surface area contributed by atoms with E-state index in [4.69, 9.17) is 11.5 Å². The molecular formula is C2H8I2N2Pt6.